The summed E-state index contributed by atoms with van der Waals surface area (Å²) in [5, 5.41) is 20.8. The van der Waals surface area contributed by atoms with Crippen molar-refractivity contribution in [3.63, 3.8) is 0 Å². The lowest BCUT2D eigenvalue weighted by molar-refractivity contribution is -0.140. The van der Waals surface area contributed by atoms with E-state index in [1.54, 1.807) is 37.3 Å². The van der Waals surface area contributed by atoms with Crippen molar-refractivity contribution in [1.82, 2.24) is 9.97 Å². The van der Waals surface area contributed by atoms with Crippen LogP contribution in [0, 0.1) is 18.2 Å². The molecule has 4 rings (SSSR count). The second kappa shape index (κ2) is 8.44. The van der Waals surface area contributed by atoms with Crippen LogP contribution in [0.2, 0.25) is 5.02 Å². The van der Waals surface area contributed by atoms with Gasteiger partial charge in [-0.05, 0) is 42.3 Å². The summed E-state index contributed by atoms with van der Waals surface area (Å²) in [4.78, 5) is 8.36. The number of fused-ring (bicyclic) bond motifs is 1. The molecule has 0 aliphatic carbocycles. The van der Waals surface area contributed by atoms with Gasteiger partial charge in [0, 0.05) is 23.3 Å². The number of hydrogen-bond acceptors (Lipinski definition) is 4. The highest BCUT2D eigenvalue weighted by Gasteiger charge is 2.35. The lowest BCUT2D eigenvalue weighted by Crippen LogP contribution is -2.18. The summed E-state index contributed by atoms with van der Waals surface area (Å²) in [6.45, 7) is 1.68. The third-order valence-electron chi connectivity index (χ3n) is 5.31. The van der Waals surface area contributed by atoms with Gasteiger partial charge < -0.3 is 10.5 Å². The van der Waals surface area contributed by atoms with Crippen LogP contribution < -0.4 is 0 Å². The first-order valence-corrected chi connectivity index (χ1v) is 10.1. The van der Waals surface area contributed by atoms with Gasteiger partial charge in [0.25, 0.3) is 0 Å². The zero-order valence-corrected chi connectivity index (χ0v) is 17.8. The highest BCUT2D eigenvalue weighted by atomic mass is 35.5. The molecule has 0 spiro atoms. The van der Waals surface area contributed by atoms with E-state index >= 15 is 0 Å². The van der Waals surface area contributed by atoms with Crippen LogP contribution in [0.15, 0.2) is 60.9 Å². The predicted octanol–water partition coefficient (Wildman–Crippen LogP) is 6.66. The summed E-state index contributed by atoms with van der Waals surface area (Å²) in [6.07, 6.45) is -2.05. The van der Waals surface area contributed by atoms with Crippen molar-refractivity contribution in [3.05, 3.63) is 99.7 Å². The zero-order chi connectivity index (χ0) is 23.9. The lowest BCUT2D eigenvalue weighted by atomic mass is 9.83. The third kappa shape index (κ3) is 4.26. The fourth-order valence-electron chi connectivity index (χ4n) is 3.78. The Hall–Kier alpha value is -3.52. The highest BCUT2D eigenvalue weighted by Crippen LogP contribution is 2.40. The van der Waals surface area contributed by atoms with Gasteiger partial charge in [0.2, 0.25) is 0 Å². The Kier molecular flexibility index (Phi) is 5.80. The van der Waals surface area contributed by atoms with Crippen molar-refractivity contribution >= 4 is 28.2 Å². The first kappa shape index (κ1) is 22.7. The van der Waals surface area contributed by atoms with Crippen molar-refractivity contribution in [2.75, 3.05) is 0 Å². The van der Waals surface area contributed by atoms with Crippen LogP contribution in [0.25, 0.3) is 10.9 Å². The van der Waals surface area contributed by atoms with Crippen LogP contribution in [0.1, 0.15) is 33.9 Å². The maximum Gasteiger partial charge on any atom is 0.419 e. The number of phenolic OH excluding ortho intramolecular Hbond substituents is 1. The average Bonchev–Trinajstić information content (AvgIpc) is 2.75. The van der Waals surface area contributed by atoms with Crippen LogP contribution in [0.5, 0.6) is 5.75 Å². The van der Waals surface area contributed by atoms with Gasteiger partial charge >= 0.3 is 6.18 Å². The Balaban J connectivity index is 1.95. The second-order valence-corrected chi connectivity index (χ2v) is 7.92. The largest absolute Gasteiger partial charge is 0.505 e. The number of nitrogens with zero attached hydrogens (tertiary/aromatic N) is 2. The van der Waals surface area contributed by atoms with Gasteiger partial charge in [-0.3, -0.25) is 9.97 Å². The Morgan fingerprint density at radius 3 is 2.52 bits per heavy atom. The molecule has 0 radical (unpaired) electrons. The zero-order valence-electron chi connectivity index (χ0n) is 17.1. The Labute approximate surface area is 191 Å². The molecule has 168 valence electrons. The van der Waals surface area contributed by atoms with Gasteiger partial charge in [0.1, 0.15) is 17.1 Å². The summed E-state index contributed by atoms with van der Waals surface area (Å²) in [6, 6.07) is 10.7. The SMILES string of the molecule is Cc1cc(Cl)cnc1C(=N)[C@H](c1ccc(C(F)(F)F)c(F)c1)c1ccc2cccnc2c1O. The first-order valence-electron chi connectivity index (χ1n) is 9.72. The maximum atomic E-state index is 14.5. The van der Waals surface area contributed by atoms with E-state index in [1.165, 1.54) is 12.4 Å². The Morgan fingerprint density at radius 2 is 1.85 bits per heavy atom. The molecular weight excluding hydrogens is 458 g/mol. The van der Waals surface area contributed by atoms with Gasteiger partial charge in [-0.1, -0.05) is 35.9 Å². The minimum atomic E-state index is -4.87. The molecule has 2 aromatic heterocycles. The quantitative estimate of drug-likeness (QED) is 0.257. The Bertz CT molecular complexity index is 1390. The van der Waals surface area contributed by atoms with Crippen LogP contribution in [0.4, 0.5) is 17.6 Å². The number of benzene rings is 2. The summed E-state index contributed by atoms with van der Waals surface area (Å²) in [5.41, 5.74) is -0.321. The number of aromatic nitrogens is 2. The van der Waals surface area contributed by atoms with E-state index in [0.29, 0.717) is 22.0 Å². The maximum absolute atomic E-state index is 14.5. The number of pyridine rings is 2. The minimum Gasteiger partial charge on any atom is -0.505 e. The van der Waals surface area contributed by atoms with E-state index in [9.17, 15) is 22.7 Å². The lowest BCUT2D eigenvalue weighted by Gasteiger charge is -2.22. The molecule has 0 fully saturated rings. The van der Waals surface area contributed by atoms with E-state index in [2.05, 4.69) is 9.97 Å². The molecule has 33 heavy (non-hydrogen) atoms. The Morgan fingerprint density at radius 1 is 1.09 bits per heavy atom. The monoisotopic (exact) mass is 473 g/mol. The molecule has 4 nitrogen and oxygen atoms in total. The smallest absolute Gasteiger partial charge is 0.419 e. The van der Waals surface area contributed by atoms with Crippen molar-refractivity contribution in [2.45, 2.75) is 19.0 Å². The summed E-state index contributed by atoms with van der Waals surface area (Å²) < 4.78 is 53.8. The van der Waals surface area contributed by atoms with Gasteiger partial charge in [0.05, 0.1) is 27.9 Å². The van der Waals surface area contributed by atoms with Crippen molar-refractivity contribution < 1.29 is 22.7 Å². The van der Waals surface area contributed by atoms with E-state index in [1.807, 2.05) is 0 Å². The summed E-state index contributed by atoms with van der Waals surface area (Å²) in [5.74, 6) is -2.85. The van der Waals surface area contributed by atoms with Crippen molar-refractivity contribution in [2.24, 2.45) is 0 Å². The predicted molar refractivity (Wildman–Crippen MR) is 117 cm³/mol. The number of hydrogen-bond donors (Lipinski definition) is 2. The van der Waals surface area contributed by atoms with Gasteiger partial charge in [-0.25, -0.2) is 4.39 Å². The minimum absolute atomic E-state index is 0.0484. The number of aromatic hydroxyl groups is 1. The van der Waals surface area contributed by atoms with Crippen molar-refractivity contribution in [3.8, 4) is 5.75 Å². The number of alkyl halides is 3. The molecule has 0 amide bonds. The second-order valence-electron chi connectivity index (χ2n) is 7.48. The van der Waals surface area contributed by atoms with E-state index < -0.39 is 23.5 Å². The molecule has 2 aromatic carbocycles. The highest BCUT2D eigenvalue weighted by molar-refractivity contribution is 6.30. The molecule has 9 heteroatoms. The molecule has 0 aliphatic heterocycles. The molecule has 4 aromatic rings. The van der Waals surface area contributed by atoms with Crippen LogP contribution in [-0.2, 0) is 6.18 Å². The molecule has 0 saturated heterocycles. The third-order valence-corrected chi connectivity index (χ3v) is 5.52. The standard InChI is InChI=1S/C24H16ClF4N3O/c1-12-9-15(25)11-32-21(12)20(30)19(14-5-7-17(18(26)10-14)24(27,28)29)16-6-4-13-3-2-8-31-22(13)23(16)33/h2-11,19,30,33H,1H3/t19-/m1/s1. The fraction of sp³-hybridized carbons (Fsp3) is 0.125. The van der Waals surface area contributed by atoms with Crippen molar-refractivity contribution in [1.29, 1.82) is 5.41 Å². The normalized spacial score (nSPS) is 12.7. The van der Waals surface area contributed by atoms with Gasteiger partial charge in [-0.2, -0.15) is 13.2 Å². The number of phenols is 1. The summed E-state index contributed by atoms with van der Waals surface area (Å²) >= 11 is 5.97. The molecule has 0 bridgehead atoms. The molecule has 2 heterocycles. The summed E-state index contributed by atoms with van der Waals surface area (Å²) in [7, 11) is 0. The van der Waals surface area contributed by atoms with Crippen LogP contribution >= 0.6 is 11.6 Å². The van der Waals surface area contributed by atoms with Crippen LogP contribution in [-0.4, -0.2) is 20.8 Å². The van der Waals surface area contributed by atoms with E-state index in [4.69, 9.17) is 17.0 Å². The average molecular weight is 474 g/mol. The number of rotatable bonds is 4. The number of halogens is 5. The van der Waals surface area contributed by atoms with Gasteiger partial charge in [-0.15, -0.1) is 0 Å². The molecule has 0 aliphatic rings. The van der Waals surface area contributed by atoms with Gasteiger partial charge in [0.15, 0.2) is 0 Å². The molecule has 2 N–H and O–H groups in total. The van der Waals surface area contributed by atoms with E-state index in [-0.39, 0.29) is 33.8 Å². The topological polar surface area (TPSA) is 69.9 Å². The molecule has 1 atom stereocenters. The van der Waals surface area contributed by atoms with E-state index in [0.717, 1.165) is 12.1 Å². The number of aryl methyl sites for hydroxylation is 1. The molecule has 0 unspecified atom stereocenters. The fourth-order valence-corrected chi connectivity index (χ4v) is 3.99. The van der Waals surface area contributed by atoms with Crippen LogP contribution in [0.3, 0.4) is 0 Å². The molecular formula is C24H16ClF4N3O. The molecule has 0 saturated carbocycles. The number of nitrogens with one attached hydrogen (secondary N) is 1. The first-order chi connectivity index (χ1) is 15.6.